The molecule has 1 aromatic carbocycles. The molecule has 2 aromatic rings. The first-order chi connectivity index (χ1) is 12.9. The molecular weight excluding hydrogens is 352 g/mol. The molecule has 3 rings (SSSR count). The zero-order valence-corrected chi connectivity index (χ0v) is 15.1. The molecule has 0 radical (unpaired) electrons. The van der Waals surface area contributed by atoms with Gasteiger partial charge in [-0.05, 0) is 36.8 Å². The van der Waals surface area contributed by atoms with E-state index in [1.165, 1.54) is 26.6 Å². The molecule has 4 amide bonds. The number of barbiturate groups is 1. The van der Waals surface area contributed by atoms with Crippen LogP contribution in [0, 0.1) is 6.92 Å². The van der Waals surface area contributed by atoms with Crippen molar-refractivity contribution in [1.29, 1.82) is 0 Å². The van der Waals surface area contributed by atoms with Crippen molar-refractivity contribution in [3.8, 4) is 11.5 Å². The Morgan fingerprint density at radius 2 is 1.96 bits per heavy atom. The molecule has 1 aliphatic heterocycles. The highest BCUT2D eigenvalue weighted by atomic mass is 16.5. The van der Waals surface area contributed by atoms with Gasteiger partial charge in [-0.2, -0.15) is 0 Å². The van der Waals surface area contributed by atoms with Crippen molar-refractivity contribution in [2.45, 2.75) is 13.5 Å². The number of nitrogens with zero attached hydrogens (tertiary/aromatic N) is 1. The smallest absolute Gasteiger partial charge is 0.331 e. The Morgan fingerprint density at radius 3 is 2.59 bits per heavy atom. The number of amides is 4. The molecule has 0 aliphatic carbocycles. The largest absolute Gasteiger partial charge is 0.497 e. The molecule has 27 heavy (non-hydrogen) atoms. The third-order valence-corrected chi connectivity index (χ3v) is 4.15. The minimum Gasteiger partial charge on any atom is -0.497 e. The number of benzene rings is 1. The molecule has 1 fully saturated rings. The van der Waals surface area contributed by atoms with E-state index in [2.05, 4.69) is 5.32 Å². The van der Waals surface area contributed by atoms with E-state index in [1.807, 2.05) is 0 Å². The summed E-state index contributed by atoms with van der Waals surface area (Å²) in [7, 11) is 3.01. The fourth-order valence-electron chi connectivity index (χ4n) is 2.75. The predicted octanol–water partition coefficient (Wildman–Crippen LogP) is 2.27. The second kappa shape index (κ2) is 7.36. The molecule has 0 saturated carbocycles. The van der Waals surface area contributed by atoms with Crippen molar-refractivity contribution >= 4 is 23.9 Å². The highest BCUT2D eigenvalue weighted by molar-refractivity contribution is 6.31. The summed E-state index contributed by atoms with van der Waals surface area (Å²) in [6, 6.07) is 5.89. The van der Waals surface area contributed by atoms with E-state index in [0.29, 0.717) is 22.8 Å². The van der Waals surface area contributed by atoms with Crippen LogP contribution < -0.4 is 14.8 Å². The summed E-state index contributed by atoms with van der Waals surface area (Å²) < 4.78 is 15.7. The van der Waals surface area contributed by atoms with Crippen molar-refractivity contribution in [1.82, 2.24) is 10.2 Å². The zero-order valence-electron chi connectivity index (χ0n) is 15.1. The molecule has 8 heteroatoms. The molecule has 140 valence electrons. The van der Waals surface area contributed by atoms with Gasteiger partial charge in [0.25, 0.3) is 11.8 Å². The van der Waals surface area contributed by atoms with Crippen LogP contribution in [0.2, 0.25) is 0 Å². The molecule has 1 saturated heterocycles. The average molecular weight is 370 g/mol. The lowest BCUT2D eigenvalue weighted by atomic mass is 10.0. The van der Waals surface area contributed by atoms with Gasteiger partial charge in [0.05, 0.1) is 27.0 Å². The number of hydrogen-bond donors (Lipinski definition) is 1. The summed E-state index contributed by atoms with van der Waals surface area (Å²) in [4.78, 5) is 38.0. The van der Waals surface area contributed by atoms with E-state index in [9.17, 15) is 14.4 Å². The minimum absolute atomic E-state index is 0.0823. The monoisotopic (exact) mass is 370 g/mol. The Balaban J connectivity index is 2.00. The van der Waals surface area contributed by atoms with Gasteiger partial charge in [0.1, 0.15) is 22.8 Å². The van der Waals surface area contributed by atoms with E-state index in [4.69, 9.17) is 13.9 Å². The lowest BCUT2D eigenvalue weighted by Gasteiger charge is -2.25. The maximum absolute atomic E-state index is 12.8. The van der Waals surface area contributed by atoms with E-state index in [0.717, 1.165) is 10.5 Å². The highest BCUT2D eigenvalue weighted by Crippen LogP contribution is 2.31. The van der Waals surface area contributed by atoms with Gasteiger partial charge in [0.15, 0.2) is 0 Å². The molecule has 0 unspecified atom stereocenters. The standard InChI is InChI=1S/C19H18N2O6/c1-11-7-13(25-2)8-16(26-3)14(11)9-15-17(22)20-19(24)21(18(15)23)10-12-5-4-6-27-12/h4-9H,10H2,1-3H3,(H,20,22,24). The number of ether oxygens (including phenoxy) is 2. The van der Waals surface area contributed by atoms with Crippen molar-refractivity contribution in [3.63, 3.8) is 0 Å². The summed E-state index contributed by atoms with van der Waals surface area (Å²) in [5, 5.41) is 2.17. The maximum Gasteiger partial charge on any atom is 0.331 e. The predicted molar refractivity (Wildman–Crippen MR) is 95.1 cm³/mol. The highest BCUT2D eigenvalue weighted by Gasteiger charge is 2.36. The number of nitrogens with one attached hydrogen (secondary N) is 1. The van der Waals surface area contributed by atoms with Crippen LogP contribution in [0.15, 0.2) is 40.5 Å². The first kappa shape index (κ1) is 18.2. The van der Waals surface area contributed by atoms with Crippen LogP contribution in [0.25, 0.3) is 6.08 Å². The third kappa shape index (κ3) is 3.55. The maximum atomic E-state index is 12.8. The molecular formula is C19H18N2O6. The van der Waals surface area contributed by atoms with Crippen molar-refractivity contribution in [2.24, 2.45) is 0 Å². The molecule has 8 nitrogen and oxygen atoms in total. The molecule has 1 aliphatic rings. The summed E-state index contributed by atoms with van der Waals surface area (Å²) in [5.74, 6) is -0.0317. The SMILES string of the molecule is COc1cc(C)c(C=C2C(=O)NC(=O)N(Cc3ccco3)C2=O)c(OC)c1. The van der Waals surface area contributed by atoms with Gasteiger partial charge in [-0.15, -0.1) is 0 Å². The fraction of sp³-hybridized carbons (Fsp3) is 0.211. The van der Waals surface area contributed by atoms with E-state index in [1.54, 1.807) is 31.2 Å². The zero-order chi connectivity index (χ0) is 19.6. The van der Waals surface area contributed by atoms with Crippen LogP contribution in [0.1, 0.15) is 16.9 Å². The molecule has 1 N–H and O–H groups in total. The number of rotatable bonds is 5. The third-order valence-electron chi connectivity index (χ3n) is 4.15. The molecule has 2 heterocycles. The van der Waals surface area contributed by atoms with Gasteiger partial charge in [0, 0.05) is 11.6 Å². The number of aryl methyl sites for hydroxylation is 1. The lowest BCUT2D eigenvalue weighted by molar-refractivity contribution is -0.130. The Hall–Kier alpha value is -3.55. The van der Waals surface area contributed by atoms with Crippen molar-refractivity contribution in [2.75, 3.05) is 14.2 Å². The van der Waals surface area contributed by atoms with E-state index < -0.39 is 17.8 Å². The first-order valence-electron chi connectivity index (χ1n) is 8.08. The number of furan rings is 1. The van der Waals surface area contributed by atoms with Gasteiger partial charge in [-0.25, -0.2) is 4.79 Å². The van der Waals surface area contributed by atoms with Crippen molar-refractivity contribution in [3.05, 3.63) is 53.0 Å². The van der Waals surface area contributed by atoms with Gasteiger partial charge < -0.3 is 13.9 Å². The molecule has 0 atom stereocenters. The summed E-state index contributed by atoms with van der Waals surface area (Å²) in [6.07, 6.45) is 2.85. The number of carbonyl (C=O) groups excluding carboxylic acids is 3. The topological polar surface area (TPSA) is 98.1 Å². The Morgan fingerprint density at radius 1 is 1.19 bits per heavy atom. The van der Waals surface area contributed by atoms with Crippen LogP contribution in [-0.4, -0.2) is 37.0 Å². The van der Waals surface area contributed by atoms with Crippen LogP contribution in [0.5, 0.6) is 11.5 Å². The Bertz CT molecular complexity index is 930. The summed E-state index contributed by atoms with van der Waals surface area (Å²) >= 11 is 0. The molecule has 0 bridgehead atoms. The number of hydrogen-bond acceptors (Lipinski definition) is 6. The van der Waals surface area contributed by atoms with E-state index >= 15 is 0 Å². The summed E-state index contributed by atoms with van der Waals surface area (Å²) in [6.45, 7) is 1.72. The number of imide groups is 2. The van der Waals surface area contributed by atoms with Gasteiger partial charge in [-0.1, -0.05) is 0 Å². The van der Waals surface area contributed by atoms with Gasteiger partial charge in [0.2, 0.25) is 0 Å². The minimum atomic E-state index is -0.794. The average Bonchev–Trinajstić information content (AvgIpc) is 3.15. The number of urea groups is 1. The first-order valence-corrected chi connectivity index (χ1v) is 8.08. The summed E-state index contributed by atoms with van der Waals surface area (Å²) in [5.41, 5.74) is 1.12. The van der Waals surface area contributed by atoms with Crippen LogP contribution in [0.4, 0.5) is 4.79 Å². The van der Waals surface area contributed by atoms with Crippen LogP contribution >= 0.6 is 0 Å². The fourth-order valence-corrected chi connectivity index (χ4v) is 2.75. The second-order valence-electron chi connectivity index (χ2n) is 5.85. The van der Waals surface area contributed by atoms with E-state index in [-0.39, 0.29) is 12.1 Å². The van der Waals surface area contributed by atoms with Crippen LogP contribution in [0.3, 0.4) is 0 Å². The van der Waals surface area contributed by atoms with Crippen molar-refractivity contribution < 1.29 is 28.3 Å². The Kier molecular flexibility index (Phi) is 4.98. The second-order valence-corrected chi connectivity index (χ2v) is 5.85. The van der Waals surface area contributed by atoms with Gasteiger partial charge >= 0.3 is 6.03 Å². The lowest BCUT2D eigenvalue weighted by Crippen LogP contribution is -2.53. The molecule has 0 spiro atoms. The number of carbonyl (C=O) groups is 3. The Labute approximate surface area is 155 Å². The van der Waals surface area contributed by atoms with Crippen LogP contribution in [-0.2, 0) is 16.1 Å². The number of methoxy groups -OCH3 is 2. The quantitative estimate of drug-likeness (QED) is 0.640. The van der Waals surface area contributed by atoms with Gasteiger partial charge in [-0.3, -0.25) is 19.8 Å². The normalized spacial score (nSPS) is 15.9. The molecule has 1 aromatic heterocycles.